The number of phenols is 1. The Bertz CT molecular complexity index is 1610. The van der Waals surface area contributed by atoms with Gasteiger partial charge in [0.05, 0.1) is 12.1 Å². The van der Waals surface area contributed by atoms with Crippen LogP contribution in [0, 0.1) is 0 Å². The number of rotatable bonds is 4. The number of fused-ring (bicyclic) bond motifs is 2. The largest absolute Gasteiger partial charge is 0.507 e. The van der Waals surface area contributed by atoms with Crippen molar-refractivity contribution in [2.45, 2.75) is 38.9 Å². The van der Waals surface area contributed by atoms with Crippen molar-refractivity contribution >= 4 is 27.8 Å². The highest BCUT2D eigenvalue weighted by Crippen LogP contribution is 2.44. The number of phenolic OH excluding ortho intramolecular Hbond substituents is 1. The number of alkyl halides is 3. The van der Waals surface area contributed by atoms with Gasteiger partial charge in [-0.2, -0.15) is 13.2 Å². The van der Waals surface area contributed by atoms with Crippen molar-refractivity contribution in [3.05, 3.63) is 113 Å². The van der Waals surface area contributed by atoms with Crippen LogP contribution in [0.25, 0.3) is 32.7 Å². The van der Waals surface area contributed by atoms with Crippen LogP contribution in [0.2, 0.25) is 0 Å². The second kappa shape index (κ2) is 9.64. The van der Waals surface area contributed by atoms with Crippen LogP contribution in [0.3, 0.4) is 0 Å². The fourth-order valence-electron chi connectivity index (χ4n) is 4.77. The van der Waals surface area contributed by atoms with E-state index in [0.29, 0.717) is 5.56 Å². The third-order valence-electron chi connectivity index (χ3n) is 6.83. The number of nitrogens with zero attached hydrogens (tertiary/aromatic N) is 1. The zero-order valence-electron chi connectivity index (χ0n) is 21.5. The molecule has 0 aliphatic heterocycles. The highest BCUT2D eigenvalue weighted by Gasteiger charge is 2.32. The van der Waals surface area contributed by atoms with E-state index in [9.17, 15) is 18.3 Å². The summed E-state index contributed by atoms with van der Waals surface area (Å²) in [5.74, 6) is -0.230. The van der Waals surface area contributed by atoms with Gasteiger partial charge in [0.1, 0.15) is 5.75 Å². The first-order chi connectivity index (χ1) is 18.0. The summed E-state index contributed by atoms with van der Waals surface area (Å²) in [5, 5.41) is 14.6. The van der Waals surface area contributed by atoms with E-state index in [1.165, 1.54) is 11.8 Å². The molecular weight excluding hydrogens is 483 g/mol. The molecule has 2 nitrogen and oxygen atoms in total. The second-order valence-corrected chi connectivity index (χ2v) is 10.6. The van der Waals surface area contributed by atoms with Crippen molar-refractivity contribution < 1.29 is 18.3 Å². The van der Waals surface area contributed by atoms with Gasteiger partial charge in [0.2, 0.25) is 0 Å². The highest BCUT2D eigenvalue weighted by atomic mass is 19.4. The fraction of sp³-hybridized carbons (Fsp3) is 0.182. The Morgan fingerprint density at radius 1 is 0.737 bits per heavy atom. The molecule has 5 rings (SSSR count). The zero-order valence-corrected chi connectivity index (χ0v) is 21.5. The van der Waals surface area contributed by atoms with Gasteiger partial charge in [-0.25, -0.2) is 0 Å². The van der Waals surface area contributed by atoms with E-state index in [1.807, 2.05) is 78.9 Å². The molecule has 0 bridgehead atoms. The lowest BCUT2D eigenvalue weighted by molar-refractivity contribution is -0.137. The Kier molecular flexibility index (Phi) is 6.47. The Labute approximate surface area is 220 Å². The van der Waals surface area contributed by atoms with E-state index in [2.05, 4.69) is 25.8 Å². The van der Waals surface area contributed by atoms with Gasteiger partial charge >= 0.3 is 6.18 Å². The van der Waals surface area contributed by atoms with Crippen LogP contribution in [0.15, 0.2) is 96.0 Å². The Morgan fingerprint density at radius 2 is 1.32 bits per heavy atom. The van der Waals surface area contributed by atoms with Crippen LogP contribution in [0.4, 0.5) is 13.2 Å². The molecule has 0 aromatic heterocycles. The van der Waals surface area contributed by atoms with Crippen molar-refractivity contribution in [2.75, 3.05) is 0 Å². The summed E-state index contributed by atoms with van der Waals surface area (Å²) in [4.78, 5) is 4.39. The monoisotopic (exact) mass is 511 g/mol. The molecule has 192 valence electrons. The summed E-state index contributed by atoms with van der Waals surface area (Å²) < 4.78 is 42.1. The second-order valence-electron chi connectivity index (χ2n) is 10.6. The lowest BCUT2D eigenvalue weighted by Gasteiger charge is -2.19. The van der Waals surface area contributed by atoms with Gasteiger partial charge in [0, 0.05) is 22.9 Å². The number of aromatic hydroxyl groups is 1. The van der Waals surface area contributed by atoms with Crippen molar-refractivity contribution in [3.8, 4) is 16.9 Å². The topological polar surface area (TPSA) is 32.6 Å². The maximum atomic E-state index is 14.0. The average Bonchev–Trinajstić information content (AvgIpc) is 2.87. The Hall–Kier alpha value is -4.12. The van der Waals surface area contributed by atoms with Gasteiger partial charge in [0.25, 0.3) is 0 Å². The molecule has 0 atom stereocenters. The average molecular weight is 512 g/mol. The molecule has 0 saturated carbocycles. The quantitative estimate of drug-likeness (QED) is 0.189. The van der Waals surface area contributed by atoms with Crippen molar-refractivity contribution in [1.82, 2.24) is 0 Å². The zero-order chi connectivity index (χ0) is 27.1. The molecule has 0 unspecified atom stereocenters. The highest BCUT2D eigenvalue weighted by molar-refractivity contribution is 6.14. The predicted molar refractivity (Wildman–Crippen MR) is 150 cm³/mol. The van der Waals surface area contributed by atoms with E-state index in [-0.39, 0.29) is 28.8 Å². The molecule has 5 aromatic rings. The van der Waals surface area contributed by atoms with E-state index in [0.717, 1.165) is 39.2 Å². The summed E-state index contributed by atoms with van der Waals surface area (Å²) in [5.41, 5.74) is 2.03. The van der Waals surface area contributed by atoms with Crippen molar-refractivity contribution in [2.24, 2.45) is 4.99 Å². The third kappa shape index (κ3) is 5.01. The fourth-order valence-corrected chi connectivity index (χ4v) is 4.77. The van der Waals surface area contributed by atoms with Gasteiger partial charge in [0.15, 0.2) is 0 Å². The summed E-state index contributed by atoms with van der Waals surface area (Å²) in [7, 11) is 0. The molecule has 5 aromatic carbocycles. The molecular formula is C33H28F3NO. The molecule has 0 fully saturated rings. The minimum Gasteiger partial charge on any atom is -0.507 e. The molecule has 0 aliphatic carbocycles. The van der Waals surface area contributed by atoms with Crippen molar-refractivity contribution in [1.29, 1.82) is 0 Å². The van der Waals surface area contributed by atoms with Gasteiger partial charge in [-0.1, -0.05) is 93.6 Å². The van der Waals surface area contributed by atoms with Crippen LogP contribution in [-0.2, 0) is 18.1 Å². The minimum atomic E-state index is -4.59. The molecule has 0 amide bonds. The lowest BCUT2D eigenvalue weighted by atomic mass is 9.87. The summed E-state index contributed by atoms with van der Waals surface area (Å²) in [6.07, 6.45) is -3.26. The summed E-state index contributed by atoms with van der Waals surface area (Å²) in [6.45, 7) is 6.68. The number of hydrogen-bond donors (Lipinski definition) is 1. The van der Waals surface area contributed by atoms with Gasteiger partial charge in [-0.3, -0.25) is 4.99 Å². The first-order valence-electron chi connectivity index (χ1n) is 12.5. The number of hydrogen-bond acceptors (Lipinski definition) is 2. The number of aliphatic imine (C=N–C) groups is 1. The van der Waals surface area contributed by atoms with Crippen molar-refractivity contribution in [3.63, 3.8) is 0 Å². The molecule has 1 N–H and O–H groups in total. The van der Waals surface area contributed by atoms with Crippen LogP contribution < -0.4 is 0 Å². The lowest BCUT2D eigenvalue weighted by Crippen LogP contribution is -2.10. The predicted octanol–water partition coefficient (Wildman–Crippen LogP) is 9.30. The summed E-state index contributed by atoms with van der Waals surface area (Å²) in [6, 6.07) is 27.1. The number of halogens is 3. The van der Waals surface area contributed by atoms with Gasteiger partial charge in [-0.05, 0) is 56.3 Å². The molecule has 0 heterocycles. The van der Waals surface area contributed by atoms with E-state index < -0.39 is 11.7 Å². The van der Waals surface area contributed by atoms with E-state index in [1.54, 1.807) is 0 Å². The van der Waals surface area contributed by atoms with Crippen LogP contribution in [0.1, 0.15) is 43.0 Å². The molecule has 0 radical (unpaired) electrons. The molecule has 5 heteroatoms. The SMILES string of the molecule is CC(C)(C)c1ccc(CN=Cc2cc(C(F)(F)F)cc(-c3c4ccccc4cc4ccccc34)c2O)cc1. The smallest absolute Gasteiger partial charge is 0.416 e. The molecule has 38 heavy (non-hydrogen) atoms. The summed E-state index contributed by atoms with van der Waals surface area (Å²) >= 11 is 0. The van der Waals surface area contributed by atoms with Crippen LogP contribution in [0.5, 0.6) is 5.75 Å². The number of benzene rings is 5. The maximum Gasteiger partial charge on any atom is 0.416 e. The Balaban J connectivity index is 1.63. The Morgan fingerprint density at radius 3 is 1.87 bits per heavy atom. The standard InChI is InChI=1S/C33H28F3NO/c1-32(2,3)25-14-12-21(13-15-25)19-37-20-24-17-26(33(34,35)36)18-29(31(24)38)30-27-10-6-4-8-22(27)16-23-9-5-7-11-28(23)30/h4-18,20,38H,19H2,1-3H3. The first-order valence-corrected chi connectivity index (χ1v) is 12.5. The van der Waals surface area contributed by atoms with Crippen LogP contribution >= 0.6 is 0 Å². The molecule has 0 spiro atoms. The maximum absolute atomic E-state index is 14.0. The van der Waals surface area contributed by atoms with E-state index in [4.69, 9.17) is 0 Å². The minimum absolute atomic E-state index is 0.0216. The molecule has 0 aliphatic rings. The van der Waals surface area contributed by atoms with Gasteiger partial charge in [-0.15, -0.1) is 0 Å². The normalized spacial score (nSPS) is 12.6. The van der Waals surface area contributed by atoms with Gasteiger partial charge < -0.3 is 5.11 Å². The van der Waals surface area contributed by atoms with E-state index >= 15 is 0 Å². The third-order valence-corrected chi connectivity index (χ3v) is 6.83. The first kappa shape index (κ1) is 25.5. The molecule has 0 saturated heterocycles. The van der Waals surface area contributed by atoms with Crippen LogP contribution in [-0.4, -0.2) is 11.3 Å².